The predicted octanol–water partition coefficient (Wildman–Crippen LogP) is 3.19. The van der Waals surface area contributed by atoms with Crippen molar-refractivity contribution in [2.45, 2.75) is 43.4 Å². The number of sulfonamides is 1. The third-order valence-corrected chi connectivity index (χ3v) is 5.84. The maximum atomic E-state index is 12.3. The Morgan fingerprint density at radius 3 is 2.38 bits per heavy atom. The minimum Gasteiger partial charge on any atom is -0.326 e. The quantitative estimate of drug-likeness (QED) is 0.775. The van der Waals surface area contributed by atoms with E-state index in [0.29, 0.717) is 18.0 Å². The van der Waals surface area contributed by atoms with E-state index in [1.165, 1.54) is 50.2 Å². The summed E-state index contributed by atoms with van der Waals surface area (Å²) in [5.74, 6) is 0.639. The fraction of sp³-hybridized carbons (Fsp3) is 0.389. The van der Waals surface area contributed by atoms with Gasteiger partial charge in [-0.3, -0.25) is 4.79 Å². The molecule has 8 heteroatoms. The van der Waals surface area contributed by atoms with Crippen LogP contribution < -0.4 is 10.0 Å². The Bertz CT molecular complexity index is 832. The van der Waals surface area contributed by atoms with Gasteiger partial charge in [0.15, 0.2) is 0 Å². The van der Waals surface area contributed by atoms with Crippen molar-refractivity contribution in [3.8, 4) is 0 Å². The van der Waals surface area contributed by atoms with Crippen LogP contribution in [0.2, 0.25) is 0 Å². The summed E-state index contributed by atoms with van der Waals surface area (Å²) in [6, 6.07) is 7.64. The van der Waals surface area contributed by atoms with E-state index >= 15 is 0 Å². The van der Waals surface area contributed by atoms with Crippen molar-refractivity contribution in [3.63, 3.8) is 0 Å². The second kappa shape index (κ2) is 8.27. The Morgan fingerprint density at radius 1 is 1.08 bits per heavy atom. The minimum atomic E-state index is -3.77. The molecule has 1 fully saturated rings. The van der Waals surface area contributed by atoms with E-state index in [0.717, 1.165) is 6.42 Å². The van der Waals surface area contributed by atoms with Crippen LogP contribution >= 0.6 is 0 Å². The Kier molecular flexibility index (Phi) is 5.82. The summed E-state index contributed by atoms with van der Waals surface area (Å²) in [4.78, 5) is 19.8. The van der Waals surface area contributed by atoms with Gasteiger partial charge >= 0.3 is 0 Å². The van der Waals surface area contributed by atoms with E-state index in [1.807, 2.05) is 0 Å². The Balaban J connectivity index is 1.56. The molecule has 1 heterocycles. The van der Waals surface area contributed by atoms with Gasteiger partial charge in [0.25, 0.3) is 10.0 Å². The monoisotopic (exact) mass is 374 g/mol. The van der Waals surface area contributed by atoms with E-state index in [9.17, 15) is 13.2 Å². The number of hydrogen-bond donors (Lipinski definition) is 2. The molecule has 1 amide bonds. The number of benzene rings is 1. The number of amides is 1. The second-order valence-corrected chi connectivity index (χ2v) is 8.12. The molecule has 138 valence electrons. The molecule has 1 aromatic carbocycles. The van der Waals surface area contributed by atoms with Gasteiger partial charge in [-0.25, -0.2) is 23.1 Å². The summed E-state index contributed by atoms with van der Waals surface area (Å²) in [7, 11) is -3.77. The van der Waals surface area contributed by atoms with Gasteiger partial charge in [-0.15, -0.1) is 0 Å². The van der Waals surface area contributed by atoms with Crippen LogP contribution in [-0.2, 0) is 14.8 Å². The zero-order valence-corrected chi connectivity index (χ0v) is 15.2. The number of rotatable bonds is 7. The molecule has 7 nitrogen and oxygen atoms in total. The lowest BCUT2D eigenvalue weighted by Crippen LogP contribution is -2.15. The van der Waals surface area contributed by atoms with Crippen molar-refractivity contribution in [2.75, 3.05) is 10.0 Å². The summed E-state index contributed by atoms with van der Waals surface area (Å²) in [5.41, 5.74) is 0.580. The van der Waals surface area contributed by atoms with Crippen molar-refractivity contribution in [2.24, 2.45) is 5.92 Å². The molecular formula is C18H22N4O3S. The van der Waals surface area contributed by atoms with Crippen LogP contribution in [0.4, 0.5) is 11.6 Å². The summed E-state index contributed by atoms with van der Waals surface area (Å²) >= 11 is 0. The normalized spacial score (nSPS) is 14.9. The molecular weight excluding hydrogens is 352 g/mol. The van der Waals surface area contributed by atoms with Crippen LogP contribution in [-0.4, -0.2) is 24.3 Å². The smallest absolute Gasteiger partial charge is 0.264 e. The Hall–Kier alpha value is -2.48. The molecule has 0 unspecified atom stereocenters. The molecule has 1 saturated carbocycles. The first-order valence-electron chi connectivity index (χ1n) is 8.73. The number of anilines is 2. The number of hydrogen-bond acceptors (Lipinski definition) is 5. The average molecular weight is 374 g/mol. The van der Waals surface area contributed by atoms with Gasteiger partial charge in [-0.05, 0) is 42.7 Å². The first-order chi connectivity index (χ1) is 12.5. The van der Waals surface area contributed by atoms with Gasteiger partial charge < -0.3 is 5.32 Å². The zero-order valence-electron chi connectivity index (χ0n) is 14.4. The highest BCUT2D eigenvalue weighted by Gasteiger charge is 2.17. The van der Waals surface area contributed by atoms with Gasteiger partial charge in [-0.2, -0.15) is 0 Å². The van der Waals surface area contributed by atoms with Gasteiger partial charge in [0.2, 0.25) is 11.9 Å². The van der Waals surface area contributed by atoms with Crippen LogP contribution in [0.15, 0.2) is 47.6 Å². The summed E-state index contributed by atoms with van der Waals surface area (Å²) < 4.78 is 26.9. The molecule has 0 aliphatic heterocycles. The lowest BCUT2D eigenvalue weighted by atomic mass is 10.0. The molecule has 1 aliphatic carbocycles. The zero-order chi connectivity index (χ0) is 18.4. The minimum absolute atomic E-state index is 0.0109. The summed E-state index contributed by atoms with van der Waals surface area (Å²) in [6.45, 7) is 0. The number of aromatic nitrogens is 2. The van der Waals surface area contributed by atoms with Crippen LogP contribution in [0, 0.1) is 5.92 Å². The van der Waals surface area contributed by atoms with Crippen LogP contribution in [0.5, 0.6) is 0 Å². The highest BCUT2D eigenvalue weighted by Crippen LogP contribution is 2.28. The molecule has 2 aromatic rings. The van der Waals surface area contributed by atoms with E-state index < -0.39 is 10.0 Å². The van der Waals surface area contributed by atoms with Crippen molar-refractivity contribution in [1.29, 1.82) is 0 Å². The van der Waals surface area contributed by atoms with Gasteiger partial charge in [-0.1, -0.05) is 25.7 Å². The average Bonchev–Trinajstić information content (AvgIpc) is 3.14. The van der Waals surface area contributed by atoms with E-state index in [1.54, 1.807) is 18.2 Å². The number of carbonyl (C=O) groups is 1. The number of nitrogens with zero attached hydrogens (tertiary/aromatic N) is 2. The molecule has 0 spiro atoms. The van der Waals surface area contributed by atoms with Crippen molar-refractivity contribution in [1.82, 2.24) is 9.97 Å². The first kappa shape index (κ1) is 18.3. The Labute approximate surface area is 153 Å². The fourth-order valence-electron chi connectivity index (χ4n) is 3.11. The number of carbonyl (C=O) groups excluding carboxylic acids is 1. The van der Waals surface area contributed by atoms with Crippen LogP contribution in [0.1, 0.15) is 38.5 Å². The third kappa shape index (κ3) is 5.01. The van der Waals surface area contributed by atoms with Crippen molar-refractivity contribution < 1.29 is 13.2 Å². The molecule has 3 rings (SSSR count). The largest absolute Gasteiger partial charge is 0.326 e. The Morgan fingerprint density at radius 2 is 1.73 bits per heavy atom. The fourth-order valence-corrected chi connectivity index (χ4v) is 4.06. The molecule has 2 N–H and O–H groups in total. The number of nitrogens with one attached hydrogen (secondary N) is 2. The van der Waals surface area contributed by atoms with Gasteiger partial charge in [0, 0.05) is 24.5 Å². The molecule has 0 radical (unpaired) electrons. The molecule has 0 saturated heterocycles. The topological polar surface area (TPSA) is 101 Å². The molecule has 1 aliphatic rings. The lowest BCUT2D eigenvalue weighted by Gasteiger charge is -2.10. The van der Waals surface area contributed by atoms with Gasteiger partial charge in [0.1, 0.15) is 0 Å². The van der Waals surface area contributed by atoms with E-state index in [2.05, 4.69) is 20.0 Å². The maximum absolute atomic E-state index is 12.3. The first-order valence-corrected chi connectivity index (χ1v) is 10.2. The van der Waals surface area contributed by atoms with Crippen LogP contribution in [0.3, 0.4) is 0 Å². The lowest BCUT2D eigenvalue weighted by molar-refractivity contribution is -0.116. The summed E-state index contributed by atoms with van der Waals surface area (Å²) in [5, 5.41) is 2.82. The summed E-state index contributed by atoms with van der Waals surface area (Å²) in [6.07, 6.45) is 9.30. The van der Waals surface area contributed by atoms with Crippen LogP contribution in [0.25, 0.3) is 0 Å². The molecule has 1 aromatic heterocycles. The predicted molar refractivity (Wildman–Crippen MR) is 99.1 cm³/mol. The van der Waals surface area contributed by atoms with Crippen molar-refractivity contribution in [3.05, 3.63) is 42.7 Å². The maximum Gasteiger partial charge on any atom is 0.264 e. The second-order valence-electron chi connectivity index (χ2n) is 6.44. The third-order valence-electron chi connectivity index (χ3n) is 4.49. The molecule has 26 heavy (non-hydrogen) atoms. The SMILES string of the molecule is O=C(CCC1CCCC1)Nc1ccc(S(=O)(=O)Nc2ncccn2)cc1. The van der Waals surface area contributed by atoms with Crippen molar-refractivity contribution >= 4 is 27.6 Å². The highest BCUT2D eigenvalue weighted by atomic mass is 32.2. The van der Waals surface area contributed by atoms with Gasteiger partial charge in [0.05, 0.1) is 4.90 Å². The molecule has 0 atom stereocenters. The highest BCUT2D eigenvalue weighted by molar-refractivity contribution is 7.92. The van der Waals surface area contributed by atoms with E-state index in [4.69, 9.17) is 0 Å². The standard InChI is InChI=1S/C18H22N4O3S/c23-17(11-6-14-4-1-2-5-14)21-15-7-9-16(10-8-15)26(24,25)22-18-19-12-3-13-20-18/h3,7-10,12-14H,1-2,4-6,11H2,(H,21,23)(H,19,20,22). The van der Waals surface area contributed by atoms with E-state index in [-0.39, 0.29) is 16.8 Å². The molecule has 0 bridgehead atoms.